The van der Waals surface area contributed by atoms with Crippen LogP contribution in [0.5, 0.6) is 0 Å². The van der Waals surface area contributed by atoms with E-state index in [-0.39, 0.29) is 21.7 Å². The Bertz CT molecular complexity index is 4030. The van der Waals surface area contributed by atoms with Gasteiger partial charge in [-0.1, -0.05) is 232 Å². The predicted octanol–water partition coefficient (Wildman–Crippen LogP) is 22.2. The normalized spacial score (nSPS) is 13.6. The van der Waals surface area contributed by atoms with Crippen LogP contribution in [0.25, 0.3) is 131 Å². The zero-order valence-corrected chi connectivity index (χ0v) is 46.9. The van der Waals surface area contributed by atoms with Gasteiger partial charge in [-0.15, -0.1) is 0 Å². The van der Waals surface area contributed by atoms with Crippen LogP contribution in [0.1, 0.15) is 156 Å². The molecule has 0 fully saturated rings. The first-order chi connectivity index (χ1) is 34.9. The summed E-state index contributed by atoms with van der Waals surface area (Å²) in [5.41, 5.74) is 19.3. The average Bonchev–Trinajstić information content (AvgIpc) is 3.96. The molecule has 0 nitrogen and oxygen atoms in total. The summed E-state index contributed by atoms with van der Waals surface area (Å²) >= 11 is 0. The fourth-order valence-electron chi connectivity index (χ4n) is 13.8. The van der Waals surface area contributed by atoms with E-state index in [1.165, 1.54) is 164 Å². The molecule has 0 bridgehead atoms. The maximum Gasteiger partial charge on any atom is -0.000741 e. The summed E-state index contributed by atoms with van der Waals surface area (Å²) in [6, 6.07) is 53.8. The molecule has 0 aliphatic heterocycles. The van der Waals surface area contributed by atoms with E-state index in [4.69, 9.17) is 0 Å². The lowest BCUT2D eigenvalue weighted by atomic mass is 9.76. The van der Waals surface area contributed by atoms with Gasteiger partial charge < -0.3 is 0 Å². The largest absolute Gasteiger partial charge is 0.0616 e. The Morgan fingerprint density at radius 2 is 0.635 bits per heavy atom. The highest BCUT2D eigenvalue weighted by Crippen LogP contribution is 2.60. The number of fused-ring (bicyclic) bond motifs is 11. The Kier molecular flexibility index (Phi) is 9.79. The Labute approximate surface area is 439 Å². The van der Waals surface area contributed by atoms with E-state index in [1.54, 1.807) is 0 Å². The van der Waals surface area contributed by atoms with E-state index < -0.39 is 0 Å². The summed E-state index contributed by atoms with van der Waals surface area (Å²) in [5.74, 6) is 0.735. The molecule has 0 atom stereocenters. The zero-order chi connectivity index (χ0) is 52.0. The molecule has 12 aromatic carbocycles. The van der Waals surface area contributed by atoms with Crippen LogP contribution >= 0.6 is 0 Å². The minimum Gasteiger partial charge on any atom is -0.0616 e. The summed E-state index contributed by atoms with van der Waals surface area (Å²) in [6.07, 6.45) is 0. The maximum atomic E-state index is 2.65. The summed E-state index contributed by atoms with van der Waals surface area (Å²) < 4.78 is 0. The lowest BCUT2D eigenvalue weighted by Crippen LogP contribution is -2.16. The van der Waals surface area contributed by atoms with Crippen molar-refractivity contribution in [2.45, 2.75) is 144 Å². The van der Waals surface area contributed by atoms with E-state index in [0.29, 0.717) is 11.8 Å². The van der Waals surface area contributed by atoms with Crippen molar-refractivity contribution in [2.75, 3.05) is 0 Å². The molecular formula is C74H72. The first-order valence-corrected chi connectivity index (χ1v) is 27.6. The van der Waals surface area contributed by atoms with Crippen LogP contribution in [0.4, 0.5) is 0 Å². The van der Waals surface area contributed by atoms with E-state index in [2.05, 4.69) is 244 Å². The van der Waals surface area contributed by atoms with Gasteiger partial charge in [0.2, 0.25) is 0 Å². The number of benzene rings is 10. The fourth-order valence-corrected chi connectivity index (χ4v) is 13.8. The Balaban J connectivity index is 1.27. The number of rotatable bonds is 4. The third-order valence-corrected chi connectivity index (χ3v) is 17.5. The highest BCUT2D eigenvalue weighted by atomic mass is 14.4. The Hall–Kier alpha value is -6.76. The molecule has 0 amide bonds. The molecular weight excluding hydrogens is 889 g/mol. The zero-order valence-electron chi connectivity index (χ0n) is 46.9. The van der Waals surface area contributed by atoms with Crippen LogP contribution in [0.3, 0.4) is 0 Å². The molecule has 0 unspecified atom stereocenters. The molecule has 0 N–H and O–H groups in total. The molecule has 12 aromatic rings. The van der Waals surface area contributed by atoms with Crippen molar-refractivity contribution in [1.82, 2.24) is 0 Å². The third-order valence-electron chi connectivity index (χ3n) is 17.5. The van der Waals surface area contributed by atoms with Gasteiger partial charge in [-0.25, -0.2) is 0 Å². The highest BCUT2D eigenvalue weighted by molar-refractivity contribution is 6.43. The fraction of sp³-hybridized carbons (Fsp3) is 0.297. The third kappa shape index (κ3) is 6.58. The standard InChI is InChI=1S/C74H72/c1-39(2)60-48-23-17-18-24-49(48)61(40(3)4)68-55-30-28-51-57-38-59-58(37-56(57)50-27-29-54(67(60)68)66(55)65(50)51)63(42-31-44(71(5,6)7)35-45(32-42)72(8,9)10)69-52-25-19-21-41-22-20-26-53(62(41)52)70(69)64(59)43-33-46(73(11,12)13)36-47(34-43)74(14,15)16/h17-40H,1-16H3. The highest BCUT2D eigenvalue weighted by Gasteiger charge is 2.34. The van der Waals surface area contributed by atoms with Crippen LogP contribution in [-0.2, 0) is 21.7 Å². The van der Waals surface area contributed by atoms with E-state index in [9.17, 15) is 0 Å². The smallest absolute Gasteiger partial charge is 0.000741 e. The molecule has 0 radical (unpaired) electrons. The van der Waals surface area contributed by atoms with Gasteiger partial charge in [0.05, 0.1) is 0 Å². The maximum absolute atomic E-state index is 2.65. The average molecular weight is 961 g/mol. The molecule has 0 spiro atoms. The minimum absolute atomic E-state index is 0.0524. The predicted molar refractivity (Wildman–Crippen MR) is 327 cm³/mol. The van der Waals surface area contributed by atoms with Gasteiger partial charge in [-0.2, -0.15) is 0 Å². The Morgan fingerprint density at radius 3 is 0.986 bits per heavy atom. The van der Waals surface area contributed by atoms with E-state index in [0.717, 1.165) is 0 Å². The van der Waals surface area contributed by atoms with Gasteiger partial charge in [-0.3, -0.25) is 0 Å². The Morgan fingerprint density at radius 1 is 0.270 bits per heavy atom. The minimum atomic E-state index is -0.0524. The monoisotopic (exact) mass is 961 g/mol. The van der Waals surface area contributed by atoms with Crippen LogP contribution < -0.4 is 0 Å². The van der Waals surface area contributed by atoms with Crippen molar-refractivity contribution < 1.29 is 0 Å². The van der Waals surface area contributed by atoms with Gasteiger partial charge >= 0.3 is 0 Å². The molecule has 0 heteroatoms. The van der Waals surface area contributed by atoms with Gasteiger partial charge in [0.25, 0.3) is 0 Å². The van der Waals surface area contributed by atoms with Crippen molar-refractivity contribution in [2.24, 2.45) is 0 Å². The lowest BCUT2D eigenvalue weighted by molar-refractivity contribution is 0.568. The second-order valence-corrected chi connectivity index (χ2v) is 27.3. The number of hydrogen-bond acceptors (Lipinski definition) is 0. The van der Waals surface area contributed by atoms with Crippen molar-refractivity contribution in [3.63, 3.8) is 0 Å². The molecule has 1 aliphatic carbocycles. The molecule has 13 rings (SSSR count). The molecule has 0 aromatic heterocycles. The van der Waals surface area contributed by atoms with Gasteiger partial charge in [-0.05, 0) is 210 Å². The second-order valence-electron chi connectivity index (χ2n) is 27.3. The van der Waals surface area contributed by atoms with Crippen molar-refractivity contribution in [1.29, 1.82) is 0 Å². The molecule has 0 saturated carbocycles. The molecule has 0 heterocycles. The van der Waals surface area contributed by atoms with Crippen LogP contribution in [0, 0.1) is 0 Å². The first kappa shape index (κ1) is 47.0. The van der Waals surface area contributed by atoms with Gasteiger partial charge in [0.15, 0.2) is 0 Å². The lowest BCUT2D eigenvalue weighted by Gasteiger charge is -2.28. The van der Waals surface area contributed by atoms with E-state index >= 15 is 0 Å². The van der Waals surface area contributed by atoms with Gasteiger partial charge in [0, 0.05) is 0 Å². The molecule has 0 saturated heterocycles. The molecule has 1 aliphatic rings. The summed E-state index contributed by atoms with van der Waals surface area (Å²) in [4.78, 5) is 0. The summed E-state index contributed by atoms with van der Waals surface area (Å²) in [7, 11) is 0. The first-order valence-electron chi connectivity index (χ1n) is 27.6. The van der Waals surface area contributed by atoms with Gasteiger partial charge in [0.1, 0.15) is 0 Å². The van der Waals surface area contributed by atoms with Crippen LogP contribution in [0.15, 0.2) is 133 Å². The van der Waals surface area contributed by atoms with Crippen LogP contribution in [-0.4, -0.2) is 0 Å². The molecule has 368 valence electrons. The molecule has 74 heavy (non-hydrogen) atoms. The second kappa shape index (κ2) is 15.4. The summed E-state index contributed by atoms with van der Waals surface area (Å²) in [6.45, 7) is 38.1. The van der Waals surface area contributed by atoms with Crippen molar-refractivity contribution >= 4 is 86.2 Å². The van der Waals surface area contributed by atoms with Crippen molar-refractivity contribution in [3.05, 3.63) is 167 Å². The summed E-state index contributed by atoms with van der Waals surface area (Å²) in [5, 5.41) is 21.8. The quantitative estimate of drug-likeness (QED) is 0.165. The van der Waals surface area contributed by atoms with Crippen LogP contribution in [0.2, 0.25) is 0 Å². The topological polar surface area (TPSA) is 0 Å². The SMILES string of the molecule is CC(C)c1c2c(c(C(C)C)c3ccccc13)-c1ccc3c4cc5c(-c6cc(C(C)(C)C)cc(C(C)(C)C)c6)c6c7cccc8cccc(c6c(-c6cc(C(C)(C)C)cc(C(C)(C)C)c6)c5cc4c4ccc-2c1c43)c87. The van der Waals surface area contributed by atoms with E-state index in [1.807, 2.05) is 0 Å². The number of hydrogen-bond donors (Lipinski definition) is 0. The van der Waals surface area contributed by atoms with Crippen molar-refractivity contribution in [3.8, 4) is 44.5 Å².